The summed E-state index contributed by atoms with van der Waals surface area (Å²) in [5.41, 5.74) is 1.61. The van der Waals surface area contributed by atoms with E-state index < -0.39 is 0 Å². The third-order valence-corrected chi connectivity index (χ3v) is 3.02. The van der Waals surface area contributed by atoms with Crippen molar-refractivity contribution in [1.29, 1.82) is 0 Å². The van der Waals surface area contributed by atoms with Crippen LogP contribution in [-0.2, 0) is 5.88 Å². The van der Waals surface area contributed by atoms with Gasteiger partial charge in [0, 0.05) is 27.7 Å². The van der Waals surface area contributed by atoms with E-state index in [0.717, 1.165) is 10.0 Å². The predicted octanol–water partition coefficient (Wildman–Crippen LogP) is 4.16. The van der Waals surface area contributed by atoms with Crippen LogP contribution in [0.1, 0.15) is 22.3 Å². The first-order valence-electron chi connectivity index (χ1n) is 4.12. The van der Waals surface area contributed by atoms with Crippen molar-refractivity contribution in [2.45, 2.75) is 12.3 Å². The molecule has 1 rings (SSSR count). The van der Waals surface area contributed by atoms with E-state index >= 15 is 0 Å². The van der Waals surface area contributed by atoms with Gasteiger partial charge in [0.25, 0.3) is 0 Å². The van der Waals surface area contributed by atoms with Crippen molar-refractivity contribution in [3.63, 3.8) is 0 Å². The molecule has 4 heteroatoms. The molecule has 1 aromatic carbocycles. The zero-order valence-corrected chi connectivity index (χ0v) is 11.3. The van der Waals surface area contributed by atoms with E-state index in [1.54, 1.807) is 0 Å². The van der Waals surface area contributed by atoms with Crippen LogP contribution in [0.25, 0.3) is 0 Å². The van der Waals surface area contributed by atoms with Gasteiger partial charge in [-0.05, 0) is 17.7 Å². The van der Waals surface area contributed by atoms with Crippen LogP contribution in [0, 0.1) is 0 Å². The lowest BCUT2D eigenvalue weighted by atomic mass is 10.0. The molecule has 0 aromatic heterocycles. The Bertz CT molecular complexity index is 339. The normalized spacial score (nSPS) is 10.2. The Labute approximate surface area is 105 Å². The van der Waals surface area contributed by atoms with Crippen molar-refractivity contribution in [3.8, 4) is 0 Å². The Kier molecular flexibility index (Phi) is 5.13. The average Bonchev–Trinajstić information content (AvgIpc) is 2.18. The number of benzene rings is 1. The van der Waals surface area contributed by atoms with E-state index in [0.29, 0.717) is 23.2 Å². The maximum atomic E-state index is 11.7. The molecular formula is C10H9Br2ClO. The van der Waals surface area contributed by atoms with Gasteiger partial charge < -0.3 is 0 Å². The molecule has 0 aliphatic rings. The highest BCUT2D eigenvalue weighted by Crippen LogP contribution is 2.20. The van der Waals surface area contributed by atoms with Crippen molar-refractivity contribution in [2.24, 2.45) is 0 Å². The Morgan fingerprint density at radius 3 is 2.71 bits per heavy atom. The highest BCUT2D eigenvalue weighted by molar-refractivity contribution is 9.10. The molecule has 0 amide bonds. The van der Waals surface area contributed by atoms with Crippen LogP contribution in [0.2, 0.25) is 0 Å². The van der Waals surface area contributed by atoms with Gasteiger partial charge in [-0.15, -0.1) is 11.6 Å². The first-order chi connectivity index (χ1) is 6.69. The number of hydrogen-bond acceptors (Lipinski definition) is 1. The van der Waals surface area contributed by atoms with Crippen LogP contribution in [0.5, 0.6) is 0 Å². The fraction of sp³-hybridized carbons (Fsp3) is 0.300. The van der Waals surface area contributed by atoms with Gasteiger partial charge in [0.2, 0.25) is 0 Å². The Morgan fingerprint density at radius 1 is 1.43 bits per heavy atom. The zero-order chi connectivity index (χ0) is 10.6. The monoisotopic (exact) mass is 338 g/mol. The lowest BCUT2D eigenvalue weighted by Gasteiger charge is -2.05. The molecule has 14 heavy (non-hydrogen) atoms. The number of Topliss-reactive ketones (excluding diaryl/α,β-unsaturated/α-hetero) is 1. The molecule has 0 bridgehead atoms. The molecule has 0 radical (unpaired) electrons. The Hall–Kier alpha value is 0.140. The molecule has 76 valence electrons. The molecule has 0 N–H and O–H groups in total. The molecule has 0 atom stereocenters. The van der Waals surface area contributed by atoms with Crippen molar-refractivity contribution in [1.82, 2.24) is 0 Å². The number of ketones is 1. The van der Waals surface area contributed by atoms with Gasteiger partial charge in [0.1, 0.15) is 0 Å². The molecule has 0 heterocycles. The number of alkyl halides is 2. The van der Waals surface area contributed by atoms with Crippen LogP contribution in [0.15, 0.2) is 22.7 Å². The minimum absolute atomic E-state index is 0.124. The first-order valence-corrected chi connectivity index (χ1v) is 6.57. The van der Waals surface area contributed by atoms with Gasteiger partial charge in [-0.3, -0.25) is 4.79 Å². The smallest absolute Gasteiger partial charge is 0.164 e. The maximum Gasteiger partial charge on any atom is 0.164 e. The minimum Gasteiger partial charge on any atom is -0.294 e. The summed E-state index contributed by atoms with van der Waals surface area (Å²) in [5.74, 6) is 0.496. The summed E-state index contributed by atoms with van der Waals surface area (Å²) in [6.07, 6.45) is 0.500. The molecule has 0 saturated carbocycles. The van der Waals surface area contributed by atoms with E-state index in [-0.39, 0.29) is 5.78 Å². The second kappa shape index (κ2) is 5.89. The number of halogens is 3. The van der Waals surface area contributed by atoms with Gasteiger partial charge in [-0.25, -0.2) is 0 Å². The van der Waals surface area contributed by atoms with Crippen LogP contribution < -0.4 is 0 Å². The molecule has 0 spiro atoms. The summed E-state index contributed by atoms with van der Waals surface area (Å²) in [4.78, 5) is 11.7. The highest BCUT2D eigenvalue weighted by atomic mass is 79.9. The number of carbonyl (C=O) groups is 1. The standard InChI is InChI=1S/C10H9Br2ClO/c11-4-3-10(14)9-5-8(12)2-1-7(9)6-13/h1-2,5H,3-4,6H2. The summed E-state index contributed by atoms with van der Waals surface area (Å²) in [6, 6.07) is 5.59. The van der Waals surface area contributed by atoms with E-state index in [4.69, 9.17) is 11.6 Å². The Balaban J connectivity index is 3.03. The van der Waals surface area contributed by atoms with Crippen molar-refractivity contribution >= 4 is 49.2 Å². The van der Waals surface area contributed by atoms with E-state index in [9.17, 15) is 4.79 Å². The topological polar surface area (TPSA) is 17.1 Å². The van der Waals surface area contributed by atoms with Gasteiger partial charge in [0.05, 0.1) is 0 Å². The van der Waals surface area contributed by atoms with Gasteiger partial charge in [-0.1, -0.05) is 37.9 Å². The zero-order valence-electron chi connectivity index (χ0n) is 7.40. The highest BCUT2D eigenvalue weighted by Gasteiger charge is 2.10. The maximum absolute atomic E-state index is 11.7. The molecule has 0 fully saturated rings. The lowest BCUT2D eigenvalue weighted by Crippen LogP contribution is -2.03. The molecule has 0 unspecified atom stereocenters. The van der Waals surface area contributed by atoms with Crippen molar-refractivity contribution in [2.75, 3.05) is 5.33 Å². The minimum atomic E-state index is 0.124. The average molecular weight is 340 g/mol. The molecule has 1 nitrogen and oxygen atoms in total. The number of rotatable bonds is 4. The van der Waals surface area contributed by atoms with Crippen LogP contribution >= 0.6 is 43.5 Å². The van der Waals surface area contributed by atoms with Crippen molar-refractivity contribution in [3.05, 3.63) is 33.8 Å². The van der Waals surface area contributed by atoms with Crippen LogP contribution in [0.4, 0.5) is 0 Å². The summed E-state index contributed by atoms with van der Waals surface area (Å²) in [5, 5.41) is 0.681. The fourth-order valence-corrected chi connectivity index (χ4v) is 2.10. The summed E-state index contributed by atoms with van der Waals surface area (Å²) < 4.78 is 0.907. The van der Waals surface area contributed by atoms with Crippen molar-refractivity contribution < 1.29 is 4.79 Å². The Morgan fingerprint density at radius 2 is 2.14 bits per heavy atom. The van der Waals surface area contributed by atoms with Crippen LogP contribution in [-0.4, -0.2) is 11.1 Å². The van der Waals surface area contributed by atoms with Gasteiger partial charge in [0.15, 0.2) is 5.78 Å². The van der Waals surface area contributed by atoms with Gasteiger partial charge in [-0.2, -0.15) is 0 Å². The quantitative estimate of drug-likeness (QED) is 0.594. The lowest BCUT2D eigenvalue weighted by molar-refractivity contribution is 0.0989. The molecule has 0 aliphatic heterocycles. The second-order valence-electron chi connectivity index (χ2n) is 2.80. The van der Waals surface area contributed by atoms with E-state index in [2.05, 4.69) is 31.9 Å². The van der Waals surface area contributed by atoms with Crippen LogP contribution in [0.3, 0.4) is 0 Å². The summed E-state index contributed by atoms with van der Waals surface area (Å²) in [6.45, 7) is 0. The fourth-order valence-electron chi connectivity index (χ4n) is 1.15. The summed E-state index contributed by atoms with van der Waals surface area (Å²) >= 11 is 12.3. The van der Waals surface area contributed by atoms with E-state index in [1.807, 2.05) is 18.2 Å². The number of carbonyl (C=O) groups excluding carboxylic acids is 1. The molecular weight excluding hydrogens is 331 g/mol. The first kappa shape index (κ1) is 12.2. The second-order valence-corrected chi connectivity index (χ2v) is 4.77. The SMILES string of the molecule is O=C(CCBr)c1cc(Br)ccc1CCl. The van der Waals surface area contributed by atoms with Gasteiger partial charge >= 0.3 is 0 Å². The number of hydrogen-bond donors (Lipinski definition) is 0. The van der Waals surface area contributed by atoms with E-state index in [1.165, 1.54) is 0 Å². The summed E-state index contributed by atoms with van der Waals surface area (Å²) in [7, 11) is 0. The largest absolute Gasteiger partial charge is 0.294 e. The molecule has 1 aromatic rings. The third kappa shape index (κ3) is 3.07. The molecule has 0 aliphatic carbocycles. The third-order valence-electron chi connectivity index (χ3n) is 1.84. The molecule has 0 saturated heterocycles. The predicted molar refractivity (Wildman–Crippen MR) is 66.4 cm³/mol.